The van der Waals surface area contributed by atoms with Crippen molar-refractivity contribution in [2.45, 2.75) is 96.3 Å². The van der Waals surface area contributed by atoms with Crippen LogP contribution in [0.5, 0.6) is 0 Å². The molecule has 142 valence electrons. The maximum atomic E-state index is 11.3. The molecule has 0 heterocycles. The highest BCUT2D eigenvalue weighted by Crippen LogP contribution is 2.46. The Morgan fingerprint density at radius 3 is 1.44 bits per heavy atom. The van der Waals surface area contributed by atoms with E-state index in [9.17, 15) is 19.8 Å². The number of unbranched alkanes of at least 4 members (excludes halogenated alkanes) is 5. The van der Waals surface area contributed by atoms with Crippen molar-refractivity contribution in [2.75, 3.05) is 0 Å². The summed E-state index contributed by atoms with van der Waals surface area (Å²) in [5, 5.41) is 18.6. The molecule has 0 unspecified atom stereocenters. The summed E-state index contributed by atoms with van der Waals surface area (Å²) in [6.45, 7) is 0. The second-order valence-corrected chi connectivity index (χ2v) is 8.19. The van der Waals surface area contributed by atoms with E-state index in [0.29, 0.717) is 0 Å². The van der Waals surface area contributed by atoms with Crippen LogP contribution in [0.1, 0.15) is 96.3 Å². The number of allylic oxidation sites excluding steroid dienone is 2. The molecule has 2 rings (SSSR count). The van der Waals surface area contributed by atoms with Gasteiger partial charge in [-0.1, -0.05) is 44.3 Å². The van der Waals surface area contributed by atoms with E-state index in [1.807, 2.05) is 0 Å². The van der Waals surface area contributed by atoms with Gasteiger partial charge in [-0.3, -0.25) is 9.59 Å². The van der Waals surface area contributed by atoms with Crippen LogP contribution < -0.4 is 0 Å². The third-order valence-corrected chi connectivity index (χ3v) is 6.50. The summed E-state index contributed by atoms with van der Waals surface area (Å²) in [5.74, 6) is -1.19. The first-order valence-corrected chi connectivity index (χ1v) is 10.1. The van der Waals surface area contributed by atoms with Crippen LogP contribution in [0.15, 0.2) is 12.2 Å². The molecule has 2 saturated carbocycles. The van der Waals surface area contributed by atoms with Gasteiger partial charge in [-0.15, -0.1) is 0 Å². The number of rotatable bonds is 13. The molecule has 4 nitrogen and oxygen atoms in total. The summed E-state index contributed by atoms with van der Waals surface area (Å²) >= 11 is 0. The van der Waals surface area contributed by atoms with Gasteiger partial charge >= 0.3 is 11.9 Å². The van der Waals surface area contributed by atoms with Gasteiger partial charge in [-0.05, 0) is 64.2 Å². The van der Waals surface area contributed by atoms with Gasteiger partial charge in [-0.25, -0.2) is 0 Å². The molecule has 0 aromatic heterocycles. The highest BCUT2D eigenvalue weighted by Gasteiger charge is 2.44. The van der Waals surface area contributed by atoms with Crippen molar-refractivity contribution in [3.05, 3.63) is 12.2 Å². The van der Waals surface area contributed by atoms with Gasteiger partial charge in [0.2, 0.25) is 0 Å². The maximum absolute atomic E-state index is 11.3. The molecule has 2 aliphatic carbocycles. The normalized spacial score (nSPS) is 20.8. The number of carbonyl (C=O) groups is 2. The third kappa shape index (κ3) is 5.32. The van der Waals surface area contributed by atoms with E-state index < -0.39 is 17.4 Å². The average molecular weight is 350 g/mol. The molecule has 2 fully saturated rings. The van der Waals surface area contributed by atoms with E-state index in [2.05, 4.69) is 12.2 Å². The SMILES string of the molecule is O=C(O)C1(CCCC/C=C\CCCCCC2(C(=O)O)CCC2)CCC1. The fourth-order valence-corrected chi connectivity index (χ4v) is 4.21. The van der Waals surface area contributed by atoms with Crippen molar-refractivity contribution in [1.82, 2.24) is 0 Å². The predicted octanol–water partition coefficient (Wildman–Crippen LogP) is 5.56. The molecule has 2 aliphatic rings. The topological polar surface area (TPSA) is 74.6 Å². The summed E-state index contributed by atoms with van der Waals surface area (Å²) in [4.78, 5) is 22.5. The number of hydrogen-bond donors (Lipinski definition) is 2. The van der Waals surface area contributed by atoms with Crippen LogP contribution in [0.4, 0.5) is 0 Å². The summed E-state index contributed by atoms with van der Waals surface area (Å²) in [6.07, 6.45) is 19.2. The molecule has 0 bridgehead atoms. The van der Waals surface area contributed by atoms with Crippen molar-refractivity contribution in [3.63, 3.8) is 0 Å². The lowest BCUT2D eigenvalue weighted by Crippen LogP contribution is -2.37. The zero-order chi connectivity index (χ0) is 18.2. The van der Waals surface area contributed by atoms with Gasteiger partial charge < -0.3 is 10.2 Å². The van der Waals surface area contributed by atoms with E-state index in [0.717, 1.165) is 96.3 Å². The first-order valence-electron chi connectivity index (χ1n) is 10.1. The smallest absolute Gasteiger partial charge is 0.309 e. The molecule has 4 heteroatoms. The maximum Gasteiger partial charge on any atom is 0.309 e. The lowest BCUT2D eigenvalue weighted by atomic mass is 9.66. The Labute approximate surface area is 151 Å². The van der Waals surface area contributed by atoms with Gasteiger partial charge in [0.25, 0.3) is 0 Å². The van der Waals surface area contributed by atoms with Crippen molar-refractivity contribution >= 4 is 11.9 Å². The Kier molecular flexibility index (Phi) is 7.52. The van der Waals surface area contributed by atoms with Crippen LogP contribution >= 0.6 is 0 Å². The average Bonchev–Trinajstić information content (AvgIpc) is 2.48. The zero-order valence-corrected chi connectivity index (χ0v) is 15.5. The standard InChI is InChI=1S/C21H34O4/c22-18(23)20(14-10-15-20)12-8-6-4-2-1-3-5-7-9-13-21(19(24)25)16-11-17-21/h1-2H,3-17H2,(H,22,23)(H,24,25)/b2-1-. The third-order valence-electron chi connectivity index (χ3n) is 6.50. The number of carboxylic acid groups (broad SMARTS) is 2. The summed E-state index contributed by atoms with van der Waals surface area (Å²) < 4.78 is 0. The van der Waals surface area contributed by atoms with Crippen LogP contribution in [-0.4, -0.2) is 22.2 Å². The first-order chi connectivity index (χ1) is 12.0. The van der Waals surface area contributed by atoms with Crippen molar-refractivity contribution in [3.8, 4) is 0 Å². The molecule has 0 spiro atoms. The minimum Gasteiger partial charge on any atom is -0.481 e. The predicted molar refractivity (Wildman–Crippen MR) is 98.5 cm³/mol. The molecule has 0 aliphatic heterocycles. The second kappa shape index (κ2) is 9.40. The Balaban J connectivity index is 1.43. The van der Waals surface area contributed by atoms with Gasteiger partial charge in [-0.2, -0.15) is 0 Å². The molecule has 2 N–H and O–H groups in total. The molecule has 0 radical (unpaired) electrons. The van der Waals surface area contributed by atoms with Gasteiger partial charge in [0.05, 0.1) is 10.8 Å². The van der Waals surface area contributed by atoms with Crippen molar-refractivity contribution in [2.24, 2.45) is 10.8 Å². The van der Waals surface area contributed by atoms with Crippen molar-refractivity contribution in [1.29, 1.82) is 0 Å². The highest BCUT2D eigenvalue weighted by molar-refractivity contribution is 5.76. The fourth-order valence-electron chi connectivity index (χ4n) is 4.21. The zero-order valence-electron chi connectivity index (χ0n) is 15.5. The molecule has 0 amide bonds. The van der Waals surface area contributed by atoms with Gasteiger partial charge in [0.15, 0.2) is 0 Å². The second-order valence-electron chi connectivity index (χ2n) is 8.19. The molecule has 0 saturated heterocycles. The lowest BCUT2D eigenvalue weighted by molar-refractivity contribution is -0.156. The van der Waals surface area contributed by atoms with E-state index in [1.54, 1.807) is 0 Å². The quantitative estimate of drug-likeness (QED) is 0.337. The van der Waals surface area contributed by atoms with Crippen LogP contribution in [0.3, 0.4) is 0 Å². The Bertz CT molecular complexity index is 472. The molecule has 25 heavy (non-hydrogen) atoms. The molecule has 0 atom stereocenters. The summed E-state index contributed by atoms with van der Waals surface area (Å²) in [7, 11) is 0. The Morgan fingerprint density at radius 1 is 0.680 bits per heavy atom. The first kappa shape index (κ1) is 20.0. The molecular weight excluding hydrogens is 316 g/mol. The molecular formula is C21H34O4. The largest absolute Gasteiger partial charge is 0.481 e. The van der Waals surface area contributed by atoms with Crippen LogP contribution in [-0.2, 0) is 9.59 Å². The van der Waals surface area contributed by atoms with Gasteiger partial charge in [0, 0.05) is 0 Å². The molecule has 0 aromatic rings. The van der Waals surface area contributed by atoms with E-state index >= 15 is 0 Å². The van der Waals surface area contributed by atoms with E-state index in [-0.39, 0.29) is 5.41 Å². The van der Waals surface area contributed by atoms with Crippen LogP contribution in [0.25, 0.3) is 0 Å². The minimum atomic E-state index is -0.596. The van der Waals surface area contributed by atoms with Gasteiger partial charge in [0.1, 0.15) is 0 Å². The number of hydrogen-bond acceptors (Lipinski definition) is 2. The Morgan fingerprint density at radius 2 is 1.08 bits per heavy atom. The Hall–Kier alpha value is -1.32. The summed E-state index contributed by atoms with van der Waals surface area (Å²) in [6, 6.07) is 0. The monoisotopic (exact) mass is 350 g/mol. The van der Waals surface area contributed by atoms with Crippen molar-refractivity contribution < 1.29 is 19.8 Å². The minimum absolute atomic E-state index is 0.385. The summed E-state index contributed by atoms with van der Waals surface area (Å²) in [5.41, 5.74) is -0.777. The highest BCUT2D eigenvalue weighted by atomic mass is 16.4. The molecule has 0 aromatic carbocycles. The lowest BCUT2D eigenvalue weighted by Gasteiger charge is -2.37. The van der Waals surface area contributed by atoms with Crippen LogP contribution in [0.2, 0.25) is 0 Å². The van der Waals surface area contributed by atoms with Crippen LogP contribution in [0, 0.1) is 10.8 Å². The van der Waals surface area contributed by atoms with E-state index in [1.165, 1.54) is 0 Å². The number of carboxylic acids is 2. The number of aliphatic carboxylic acids is 2. The van der Waals surface area contributed by atoms with E-state index in [4.69, 9.17) is 0 Å². The fraction of sp³-hybridized carbons (Fsp3) is 0.810.